The van der Waals surface area contributed by atoms with E-state index in [4.69, 9.17) is 0 Å². The fourth-order valence-corrected chi connectivity index (χ4v) is 4.71. The molecule has 5 heteroatoms. The largest absolute Gasteiger partial charge is 0.339 e. The van der Waals surface area contributed by atoms with E-state index in [-0.39, 0.29) is 5.91 Å². The number of thioether (sulfide) groups is 1. The summed E-state index contributed by atoms with van der Waals surface area (Å²) in [7, 11) is 0. The second-order valence-electron chi connectivity index (χ2n) is 7.50. The van der Waals surface area contributed by atoms with Gasteiger partial charge in [0.15, 0.2) is 0 Å². The third-order valence-electron chi connectivity index (χ3n) is 5.91. The van der Waals surface area contributed by atoms with Crippen LogP contribution in [-0.2, 0) is 6.54 Å². The lowest BCUT2D eigenvalue weighted by molar-refractivity contribution is 0.0706. The molecular formula is C21H27N3OS. The van der Waals surface area contributed by atoms with Gasteiger partial charge in [0.25, 0.3) is 5.91 Å². The van der Waals surface area contributed by atoms with Gasteiger partial charge in [0.2, 0.25) is 0 Å². The van der Waals surface area contributed by atoms with Crippen LogP contribution in [0.2, 0.25) is 0 Å². The van der Waals surface area contributed by atoms with Gasteiger partial charge in [0.1, 0.15) is 5.82 Å². The molecule has 2 aromatic rings. The van der Waals surface area contributed by atoms with Crippen molar-refractivity contribution in [2.75, 3.05) is 19.3 Å². The second kappa shape index (κ2) is 7.87. The van der Waals surface area contributed by atoms with Gasteiger partial charge in [-0.2, -0.15) is 0 Å². The average Bonchev–Trinajstić information content (AvgIpc) is 3.12. The van der Waals surface area contributed by atoms with Crippen LogP contribution >= 0.6 is 11.8 Å². The Morgan fingerprint density at radius 3 is 2.65 bits per heavy atom. The number of likely N-dealkylation sites (tertiary alicyclic amines) is 1. The molecule has 138 valence electrons. The minimum absolute atomic E-state index is 0.172. The number of piperidine rings is 1. The Balaban J connectivity index is 1.40. The number of benzene rings is 1. The summed E-state index contributed by atoms with van der Waals surface area (Å²) in [6.45, 7) is 2.76. The number of aromatic nitrogens is 2. The van der Waals surface area contributed by atoms with Gasteiger partial charge in [-0.3, -0.25) is 4.79 Å². The van der Waals surface area contributed by atoms with Crippen molar-refractivity contribution in [3.8, 4) is 0 Å². The van der Waals surface area contributed by atoms with E-state index < -0.39 is 0 Å². The molecule has 0 radical (unpaired) electrons. The molecule has 4 nitrogen and oxygen atoms in total. The molecule has 0 spiro atoms. The second-order valence-corrected chi connectivity index (χ2v) is 8.35. The number of hydrogen-bond donors (Lipinski definition) is 0. The zero-order valence-electron chi connectivity index (χ0n) is 15.4. The number of nitrogens with zero attached hydrogens (tertiary/aromatic N) is 3. The van der Waals surface area contributed by atoms with Crippen LogP contribution in [0.5, 0.6) is 0 Å². The van der Waals surface area contributed by atoms with Crippen LogP contribution in [0.3, 0.4) is 0 Å². The first-order valence-corrected chi connectivity index (χ1v) is 10.9. The SMILES string of the molecule is CSc1ccccc1C(=O)N1CCC(c2nccn2CC2CCC2)CC1. The minimum Gasteiger partial charge on any atom is -0.339 e. The molecule has 0 bridgehead atoms. The van der Waals surface area contributed by atoms with E-state index in [9.17, 15) is 4.79 Å². The van der Waals surface area contributed by atoms with Gasteiger partial charge in [0, 0.05) is 42.8 Å². The Bertz CT molecular complexity index is 760. The first-order valence-electron chi connectivity index (χ1n) is 9.69. The van der Waals surface area contributed by atoms with Gasteiger partial charge in [-0.1, -0.05) is 18.6 Å². The van der Waals surface area contributed by atoms with Crippen molar-refractivity contribution in [1.82, 2.24) is 14.5 Å². The summed E-state index contributed by atoms with van der Waals surface area (Å²) < 4.78 is 2.37. The number of hydrogen-bond acceptors (Lipinski definition) is 3. The highest BCUT2D eigenvalue weighted by molar-refractivity contribution is 7.98. The number of carbonyl (C=O) groups is 1. The van der Waals surface area contributed by atoms with E-state index in [1.807, 2.05) is 41.6 Å². The zero-order valence-corrected chi connectivity index (χ0v) is 16.3. The molecule has 1 aliphatic heterocycles. The Morgan fingerprint density at radius 2 is 1.96 bits per heavy atom. The summed E-state index contributed by atoms with van der Waals surface area (Å²) in [5.41, 5.74) is 0.838. The summed E-state index contributed by atoms with van der Waals surface area (Å²) in [4.78, 5) is 20.7. The molecule has 2 heterocycles. The Hall–Kier alpha value is -1.75. The van der Waals surface area contributed by atoms with Gasteiger partial charge < -0.3 is 9.47 Å². The predicted molar refractivity (Wildman–Crippen MR) is 106 cm³/mol. The highest BCUT2D eigenvalue weighted by Crippen LogP contribution is 2.32. The van der Waals surface area contributed by atoms with E-state index in [0.29, 0.717) is 5.92 Å². The van der Waals surface area contributed by atoms with Gasteiger partial charge in [-0.05, 0) is 50.0 Å². The van der Waals surface area contributed by atoms with E-state index in [0.717, 1.165) is 48.9 Å². The standard InChI is InChI=1S/C21H27N3OS/c1-26-19-8-3-2-7-18(19)21(25)23-12-9-17(10-13-23)20-22-11-14-24(20)15-16-5-4-6-16/h2-3,7-8,11,14,16-17H,4-6,9-10,12-13,15H2,1H3. The number of rotatable bonds is 5. The third-order valence-corrected chi connectivity index (χ3v) is 6.71. The molecule has 0 unspecified atom stereocenters. The molecule has 4 rings (SSSR count). The lowest BCUT2D eigenvalue weighted by atomic mass is 9.85. The zero-order chi connectivity index (χ0) is 17.9. The van der Waals surface area contributed by atoms with Crippen LogP contribution in [0.25, 0.3) is 0 Å². The van der Waals surface area contributed by atoms with E-state index in [1.54, 1.807) is 11.8 Å². The molecule has 1 aliphatic carbocycles. The lowest BCUT2D eigenvalue weighted by Crippen LogP contribution is -2.38. The molecule has 2 fully saturated rings. The van der Waals surface area contributed by atoms with Crippen molar-refractivity contribution in [2.45, 2.75) is 49.5 Å². The van der Waals surface area contributed by atoms with Gasteiger partial charge >= 0.3 is 0 Å². The normalized spacial score (nSPS) is 18.7. The Labute approximate surface area is 160 Å². The van der Waals surface area contributed by atoms with Crippen molar-refractivity contribution in [2.24, 2.45) is 5.92 Å². The van der Waals surface area contributed by atoms with E-state index in [1.165, 1.54) is 25.1 Å². The smallest absolute Gasteiger partial charge is 0.254 e. The summed E-state index contributed by atoms with van der Waals surface area (Å²) >= 11 is 1.64. The summed E-state index contributed by atoms with van der Waals surface area (Å²) in [5, 5.41) is 0. The van der Waals surface area contributed by atoms with E-state index in [2.05, 4.69) is 15.7 Å². The van der Waals surface area contributed by atoms with Crippen molar-refractivity contribution < 1.29 is 4.79 Å². The fraction of sp³-hybridized carbons (Fsp3) is 0.524. The monoisotopic (exact) mass is 369 g/mol. The number of imidazole rings is 1. The molecule has 1 aromatic heterocycles. The number of amides is 1. The van der Waals surface area contributed by atoms with Crippen molar-refractivity contribution in [1.29, 1.82) is 0 Å². The molecular weight excluding hydrogens is 342 g/mol. The van der Waals surface area contributed by atoms with Gasteiger partial charge in [-0.15, -0.1) is 11.8 Å². The molecule has 1 amide bonds. The van der Waals surface area contributed by atoms with Crippen LogP contribution in [0, 0.1) is 5.92 Å². The molecule has 26 heavy (non-hydrogen) atoms. The molecule has 2 aliphatic rings. The third kappa shape index (κ3) is 3.54. The van der Waals surface area contributed by atoms with Crippen LogP contribution in [-0.4, -0.2) is 39.7 Å². The topological polar surface area (TPSA) is 38.1 Å². The Kier molecular flexibility index (Phi) is 5.34. The summed E-state index contributed by atoms with van der Waals surface area (Å²) in [6, 6.07) is 7.93. The van der Waals surface area contributed by atoms with Crippen molar-refractivity contribution >= 4 is 17.7 Å². The molecule has 1 saturated carbocycles. The fourth-order valence-electron chi connectivity index (χ4n) is 4.12. The molecule has 1 saturated heterocycles. The minimum atomic E-state index is 0.172. The highest BCUT2D eigenvalue weighted by Gasteiger charge is 2.28. The summed E-state index contributed by atoms with van der Waals surface area (Å²) in [6.07, 6.45) is 12.2. The van der Waals surface area contributed by atoms with Crippen molar-refractivity contribution in [3.63, 3.8) is 0 Å². The maximum Gasteiger partial charge on any atom is 0.254 e. The van der Waals surface area contributed by atoms with Gasteiger partial charge in [0.05, 0.1) is 5.56 Å². The predicted octanol–water partition coefficient (Wildman–Crippen LogP) is 4.42. The molecule has 1 aromatic carbocycles. The first-order chi connectivity index (χ1) is 12.8. The van der Waals surface area contributed by atoms with Crippen LogP contribution in [0.15, 0.2) is 41.6 Å². The maximum atomic E-state index is 12.9. The van der Waals surface area contributed by atoms with Crippen molar-refractivity contribution in [3.05, 3.63) is 48.0 Å². The lowest BCUT2D eigenvalue weighted by Gasteiger charge is -2.33. The molecule has 0 N–H and O–H groups in total. The quantitative estimate of drug-likeness (QED) is 0.732. The summed E-state index contributed by atoms with van der Waals surface area (Å²) in [5.74, 6) is 2.72. The number of carbonyl (C=O) groups excluding carboxylic acids is 1. The van der Waals surface area contributed by atoms with Gasteiger partial charge in [-0.25, -0.2) is 4.98 Å². The highest BCUT2D eigenvalue weighted by atomic mass is 32.2. The van der Waals surface area contributed by atoms with E-state index >= 15 is 0 Å². The molecule has 0 atom stereocenters. The Morgan fingerprint density at radius 1 is 1.19 bits per heavy atom. The van der Waals surface area contributed by atoms with Crippen LogP contribution in [0.4, 0.5) is 0 Å². The average molecular weight is 370 g/mol. The maximum absolute atomic E-state index is 12.9. The van der Waals surface area contributed by atoms with Crippen LogP contribution in [0.1, 0.15) is 54.2 Å². The van der Waals surface area contributed by atoms with Crippen LogP contribution < -0.4 is 0 Å². The first kappa shape index (κ1) is 17.7.